The average Bonchev–Trinajstić information content (AvgIpc) is 3.12. The van der Waals surface area contributed by atoms with Crippen LogP contribution in [0.1, 0.15) is 5.56 Å². The summed E-state index contributed by atoms with van der Waals surface area (Å²) in [5.74, 6) is 1.90. The molecule has 1 N–H and O–H groups in total. The number of fused-ring (bicyclic) bond motifs is 1. The van der Waals surface area contributed by atoms with Crippen LogP contribution in [0, 0.1) is 0 Å². The lowest BCUT2D eigenvalue weighted by Crippen LogP contribution is -2.00. The van der Waals surface area contributed by atoms with Crippen molar-refractivity contribution < 1.29 is 9.47 Å². The van der Waals surface area contributed by atoms with E-state index in [4.69, 9.17) is 32.7 Å². The Kier molecular flexibility index (Phi) is 5.49. The fourth-order valence-electron chi connectivity index (χ4n) is 2.90. The minimum Gasteiger partial charge on any atom is -0.493 e. The molecule has 0 fully saturated rings. The second kappa shape index (κ2) is 8.03. The van der Waals surface area contributed by atoms with E-state index in [2.05, 4.69) is 25.9 Å². The monoisotopic (exact) mass is 476 g/mol. The predicted octanol–water partition coefficient (Wildman–Crippen LogP) is 6.89. The second-order valence-corrected chi connectivity index (χ2v) is 7.75. The number of rotatable bonds is 5. The van der Waals surface area contributed by atoms with Crippen molar-refractivity contribution in [3.05, 3.63) is 74.7 Å². The fraction of sp³-hybridized carbons (Fsp3) is 0.0952. The Morgan fingerprint density at radius 2 is 1.79 bits per heavy atom. The van der Waals surface area contributed by atoms with E-state index >= 15 is 0 Å². The molecular formula is C21H15BrCl2N2O2. The average molecular weight is 478 g/mol. The normalized spacial score (nSPS) is 11.0. The van der Waals surface area contributed by atoms with Crippen molar-refractivity contribution in [2.24, 2.45) is 0 Å². The van der Waals surface area contributed by atoms with Crippen LogP contribution in [0.5, 0.6) is 11.5 Å². The van der Waals surface area contributed by atoms with Crippen molar-refractivity contribution in [1.29, 1.82) is 0 Å². The molecule has 0 unspecified atom stereocenters. The van der Waals surface area contributed by atoms with E-state index in [9.17, 15) is 0 Å². The highest BCUT2D eigenvalue weighted by molar-refractivity contribution is 9.10. The standard InChI is InChI=1S/C21H15BrCl2N2O2/c1-27-19-10-12(21-25-17-7-2-3-8-18(17)26-21)9-14(22)20(19)28-11-13-15(23)5-4-6-16(13)24/h2-10H,11H2,1H3,(H,25,26). The summed E-state index contributed by atoms with van der Waals surface area (Å²) in [6.45, 7) is 0.220. The van der Waals surface area contributed by atoms with Crippen LogP contribution in [0.2, 0.25) is 10.0 Å². The van der Waals surface area contributed by atoms with Crippen molar-refractivity contribution in [1.82, 2.24) is 9.97 Å². The smallest absolute Gasteiger partial charge is 0.175 e. The van der Waals surface area contributed by atoms with Gasteiger partial charge in [0.25, 0.3) is 0 Å². The minimum absolute atomic E-state index is 0.220. The van der Waals surface area contributed by atoms with Crippen LogP contribution in [-0.2, 0) is 6.61 Å². The molecule has 0 spiro atoms. The number of benzene rings is 3. The quantitative estimate of drug-likeness (QED) is 0.340. The lowest BCUT2D eigenvalue weighted by atomic mass is 10.2. The molecule has 0 aliphatic rings. The number of imidazole rings is 1. The third-order valence-electron chi connectivity index (χ3n) is 4.31. The van der Waals surface area contributed by atoms with E-state index in [1.54, 1.807) is 25.3 Å². The van der Waals surface area contributed by atoms with E-state index in [1.165, 1.54) is 0 Å². The van der Waals surface area contributed by atoms with Gasteiger partial charge in [0.1, 0.15) is 12.4 Å². The van der Waals surface area contributed by atoms with E-state index in [1.807, 2.05) is 36.4 Å². The molecule has 0 saturated carbocycles. The molecule has 1 aromatic heterocycles. The molecule has 0 atom stereocenters. The molecule has 4 rings (SSSR count). The summed E-state index contributed by atoms with van der Waals surface area (Å²) in [6, 6.07) is 17.1. The highest BCUT2D eigenvalue weighted by Crippen LogP contribution is 2.40. The number of ether oxygens (including phenoxy) is 2. The van der Waals surface area contributed by atoms with Gasteiger partial charge in [-0.1, -0.05) is 41.4 Å². The van der Waals surface area contributed by atoms with Gasteiger partial charge in [0.2, 0.25) is 0 Å². The summed E-state index contributed by atoms with van der Waals surface area (Å²) in [5, 5.41) is 1.11. The maximum absolute atomic E-state index is 6.23. The van der Waals surface area contributed by atoms with Crippen LogP contribution < -0.4 is 9.47 Å². The summed E-state index contributed by atoms with van der Waals surface area (Å²) in [7, 11) is 1.60. The number of hydrogen-bond acceptors (Lipinski definition) is 3. The van der Waals surface area contributed by atoms with E-state index in [0.29, 0.717) is 21.5 Å². The Hall–Kier alpha value is -2.21. The van der Waals surface area contributed by atoms with Crippen molar-refractivity contribution in [2.45, 2.75) is 6.61 Å². The molecule has 0 bridgehead atoms. The number of aromatic amines is 1. The van der Waals surface area contributed by atoms with Gasteiger partial charge in [-0.2, -0.15) is 0 Å². The van der Waals surface area contributed by atoms with Gasteiger partial charge in [0.15, 0.2) is 11.5 Å². The van der Waals surface area contributed by atoms with Crippen LogP contribution in [-0.4, -0.2) is 17.1 Å². The van der Waals surface area contributed by atoms with Gasteiger partial charge < -0.3 is 14.5 Å². The molecule has 0 aliphatic carbocycles. The number of methoxy groups -OCH3 is 1. The summed E-state index contributed by atoms with van der Waals surface area (Å²) in [5.41, 5.74) is 3.48. The van der Waals surface area contributed by atoms with Gasteiger partial charge in [-0.05, 0) is 52.3 Å². The van der Waals surface area contributed by atoms with Gasteiger partial charge in [-0.15, -0.1) is 0 Å². The van der Waals surface area contributed by atoms with Crippen LogP contribution in [0.4, 0.5) is 0 Å². The zero-order valence-corrected chi connectivity index (χ0v) is 17.9. The molecule has 1 heterocycles. The molecule has 4 aromatic rings. The van der Waals surface area contributed by atoms with Gasteiger partial charge in [0, 0.05) is 21.2 Å². The summed E-state index contributed by atoms with van der Waals surface area (Å²) >= 11 is 16.0. The van der Waals surface area contributed by atoms with Gasteiger partial charge in [-0.25, -0.2) is 4.98 Å². The van der Waals surface area contributed by atoms with Crippen molar-refractivity contribution in [3.8, 4) is 22.9 Å². The number of hydrogen-bond donors (Lipinski definition) is 1. The predicted molar refractivity (Wildman–Crippen MR) is 117 cm³/mol. The number of nitrogens with zero attached hydrogens (tertiary/aromatic N) is 1. The first-order valence-electron chi connectivity index (χ1n) is 8.45. The third kappa shape index (κ3) is 3.70. The van der Waals surface area contributed by atoms with E-state index in [0.717, 1.165) is 32.5 Å². The van der Waals surface area contributed by atoms with Crippen molar-refractivity contribution in [3.63, 3.8) is 0 Å². The maximum Gasteiger partial charge on any atom is 0.175 e. The maximum atomic E-state index is 6.23. The van der Waals surface area contributed by atoms with E-state index in [-0.39, 0.29) is 6.61 Å². The lowest BCUT2D eigenvalue weighted by Gasteiger charge is -2.15. The molecule has 0 aliphatic heterocycles. The molecule has 3 aromatic carbocycles. The first kappa shape index (κ1) is 19.1. The zero-order chi connectivity index (χ0) is 19.7. The topological polar surface area (TPSA) is 47.1 Å². The number of aromatic nitrogens is 2. The summed E-state index contributed by atoms with van der Waals surface area (Å²) in [6.07, 6.45) is 0. The molecule has 4 nitrogen and oxygen atoms in total. The molecular weight excluding hydrogens is 463 g/mol. The van der Waals surface area contributed by atoms with Crippen LogP contribution in [0.25, 0.3) is 22.4 Å². The molecule has 0 radical (unpaired) electrons. The molecule has 28 heavy (non-hydrogen) atoms. The lowest BCUT2D eigenvalue weighted by molar-refractivity contribution is 0.283. The van der Waals surface area contributed by atoms with Crippen LogP contribution >= 0.6 is 39.1 Å². The largest absolute Gasteiger partial charge is 0.493 e. The second-order valence-electron chi connectivity index (χ2n) is 6.08. The van der Waals surface area contributed by atoms with E-state index < -0.39 is 0 Å². The first-order chi connectivity index (χ1) is 13.6. The number of H-pyrrole nitrogens is 1. The Morgan fingerprint density at radius 3 is 2.50 bits per heavy atom. The van der Waals surface area contributed by atoms with Crippen molar-refractivity contribution in [2.75, 3.05) is 7.11 Å². The molecule has 0 saturated heterocycles. The van der Waals surface area contributed by atoms with Crippen molar-refractivity contribution >= 4 is 50.2 Å². The van der Waals surface area contributed by atoms with Gasteiger partial charge in [-0.3, -0.25) is 0 Å². The Balaban J connectivity index is 1.67. The van der Waals surface area contributed by atoms with Crippen LogP contribution in [0.15, 0.2) is 59.1 Å². The number of nitrogens with one attached hydrogen (secondary N) is 1. The van der Waals surface area contributed by atoms with Gasteiger partial charge >= 0.3 is 0 Å². The Morgan fingerprint density at radius 1 is 1.04 bits per heavy atom. The summed E-state index contributed by atoms with van der Waals surface area (Å²) < 4.78 is 12.3. The highest BCUT2D eigenvalue weighted by Gasteiger charge is 2.16. The number of para-hydroxylation sites is 2. The number of halogens is 3. The molecule has 7 heteroatoms. The minimum atomic E-state index is 0.220. The molecule has 142 valence electrons. The fourth-order valence-corrected chi connectivity index (χ4v) is 3.96. The summed E-state index contributed by atoms with van der Waals surface area (Å²) in [4.78, 5) is 7.96. The zero-order valence-electron chi connectivity index (χ0n) is 14.8. The van der Waals surface area contributed by atoms with Gasteiger partial charge in [0.05, 0.1) is 22.6 Å². The molecule has 0 amide bonds. The SMILES string of the molecule is COc1cc(-c2nc3ccccc3[nH]2)cc(Br)c1OCc1c(Cl)cccc1Cl. The third-order valence-corrected chi connectivity index (χ3v) is 5.61. The highest BCUT2D eigenvalue weighted by atomic mass is 79.9. The first-order valence-corrected chi connectivity index (χ1v) is 10.00. The van der Waals surface area contributed by atoms with Crippen LogP contribution in [0.3, 0.4) is 0 Å². The Bertz CT molecular complexity index is 1110. The Labute approximate surface area is 180 Å².